The molecule has 152 valence electrons. The minimum absolute atomic E-state index is 0.0616. The van der Waals surface area contributed by atoms with Crippen molar-refractivity contribution in [1.29, 1.82) is 0 Å². The molecular weight excluding hydrogens is 432 g/mol. The molecule has 29 heavy (non-hydrogen) atoms. The third kappa shape index (κ3) is 5.04. The van der Waals surface area contributed by atoms with Gasteiger partial charge in [0.05, 0.1) is 24.2 Å². The first-order valence-electron chi connectivity index (χ1n) is 9.99. The fourth-order valence-electron chi connectivity index (χ4n) is 3.62. The molecule has 1 aliphatic rings. The van der Waals surface area contributed by atoms with Gasteiger partial charge in [-0.25, -0.2) is 4.98 Å². The molecule has 2 heterocycles. The average molecular weight is 457 g/mol. The molecule has 1 amide bonds. The number of carbonyl (C=O) groups is 1. The van der Waals surface area contributed by atoms with E-state index in [4.69, 9.17) is 9.72 Å². The molecule has 0 bridgehead atoms. The summed E-state index contributed by atoms with van der Waals surface area (Å²) in [6, 6.07) is 15.6. The van der Waals surface area contributed by atoms with Crippen LogP contribution in [0.4, 0.5) is 0 Å². The van der Waals surface area contributed by atoms with Crippen LogP contribution in [0.25, 0.3) is 11.0 Å². The highest BCUT2D eigenvalue weighted by molar-refractivity contribution is 9.10. The Morgan fingerprint density at radius 2 is 1.83 bits per heavy atom. The zero-order valence-corrected chi connectivity index (χ0v) is 17.9. The van der Waals surface area contributed by atoms with E-state index in [1.165, 1.54) is 0 Å². The Balaban J connectivity index is 1.42. The summed E-state index contributed by atoms with van der Waals surface area (Å²) in [4.78, 5) is 19.6. The minimum atomic E-state index is -0.0616. The predicted molar refractivity (Wildman–Crippen MR) is 117 cm³/mol. The normalized spacial score (nSPS) is 14.9. The van der Waals surface area contributed by atoms with Crippen molar-refractivity contribution < 1.29 is 9.53 Å². The lowest BCUT2D eigenvalue weighted by molar-refractivity contribution is 0.0364. The van der Waals surface area contributed by atoms with Crippen molar-refractivity contribution in [1.82, 2.24) is 19.8 Å². The number of halogens is 1. The molecule has 1 N–H and O–H groups in total. The van der Waals surface area contributed by atoms with Crippen LogP contribution in [0.5, 0.6) is 0 Å². The molecule has 1 aromatic heterocycles. The number of morpholine rings is 1. The molecule has 1 fully saturated rings. The van der Waals surface area contributed by atoms with Crippen LogP contribution in [0, 0.1) is 0 Å². The highest BCUT2D eigenvalue weighted by Gasteiger charge is 2.14. The van der Waals surface area contributed by atoms with Crippen LogP contribution in [0.1, 0.15) is 16.2 Å². The molecule has 0 saturated carbocycles. The van der Waals surface area contributed by atoms with Crippen molar-refractivity contribution in [3.05, 3.63) is 64.4 Å². The SMILES string of the molecule is O=C(NCCc1nc2ccccc2n1CCN1CCOCC1)c1ccc(Br)cc1. The Kier molecular flexibility index (Phi) is 6.59. The number of imidazole rings is 1. The second-order valence-corrected chi connectivity index (χ2v) is 8.05. The maximum absolute atomic E-state index is 12.4. The summed E-state index contributed by atoms with van der Waals surface area (Å²) in [7, 11) is 0. The molecule has 7 heteroatoms. The summed E-state index contributed by atoms with van der Waals surface area (Å²) < 4.78 is 8.70. The van der Waals surface area contributed by atoms with Crippen molar-refractivity contribution in [2.45, 2.75) is 13.0 Å². The van der Waals surface area contributed by atoms with Crippen molar-refractivity contribution in [3.8, 4) is 0 Å². The number of nitrogens with zero attached hydrogens (tertiary/aromatic N) is 3. The quantitative estimate of drug-likeness (QED) is 0.593. The van der Waals surface area contributed by atoms with Gasteiger partial charge in [0.25, 0.3) is 5.91 Å². The number of nitrogens with one attached hydrogen (secondary N) is 1. The topological polar surface area (TPSA) is 59.4 Å². The maximum Gasteiger partial charge on any atom is 0.251 e. The Morgan fingerprint density at radius 1 is 1.07 bits per heavy atom. The molecule has 1 saturated heterocycles. The summed E-state index contributed by atoms with van der Waals surface area (Å²) in [6.45, 7) is 5.98. The second kappa shape index (κ2) is 9.52. The first-order valence-corrected chi connectivity index (χ1v) is 10.8. The van der Waals surface area contributed by atoms with Crippen molar-refractivity contribution in [2.24, 2.45) is 0 Å². The molecule has 3 aromatic rings. The monoisotopic (exact) mass is 456 g/mol. The number of carbonyl (C=O) groups excluding carboxylic acids is 1. The summed E-state index contributed by atoms with van der Waals surface area (Å²) in [5, 5.41) is 3.01. The minimum Gasteiger partial charge on any atom is -0.379 e. The molecule has 1 aliphatic heterocycles. The molecule has 0 aliphatic carbocycles. The third-order valence-electron chi connectivity index (χ3n) is 5.22. The van der Waals surface area contributed by atoms with Crippen molar-refractivity contribution in [2.75, 3.05) is 39.4 Å². The van der Waals surface area contributed by atoms with Crippen molar-refractivity contribution >= 4 is 32.9 Å². The molecule has 0 spiro atoms. The van der Waals surface area contributed by atoms with E-state index < -0.39 is 0 Å². The lowest BCUT2D eigenvalue weighted by atomic mass is 10.2. The van der Waals surface area contributed by atoms with Gasteiger partial charge in [-0.05, 0) is 36.4 Å². The Bertz CT molecular complexity index is 965. The van der Waals surface area contributed by atoms with E-state index in [0.29, 0.717) is 18.5 Å². The third-order valence-corrected chi connectivity index (χ3v) is 5.75. The van der Waals surface area contributed by atoms with E-state index >= 15 is 0 Å². The smallest absolute Gasteiger partial charge is 0.251 e. The van der Waals surface area contributed by atoms with E-state index in [0.717, 1.165) is 60.7 Å². The Labute approximate surface area is 179 Å². The van der Waals surface area contributed by atoms with E-state index in [-0.39, 0.29) is 5.91 Å². The number of hydrogen-bond donors (Lipinski definition) is 1. The van der Waals surface area contributed by atoms with Gasteiger partial charge in [0, 0.05) is 49.2 Å². The average Bonchev–Trinajstić information content (AvgIpc) is 3.11. The fourth-order valence-corrected chi connectivity index (χ4v) is 3.89. The number of aromatic nitrogens is 2. The number of benzene rings is 2. The first kappa shape index (κ1) is 20.1. The molecule has 2 aromatic carbocycles. The molecule has 6 nitrogen and oxygen atoms in total. The Hall–Kier alpha value is -2.22. The van der Waals surface area contributed by atoms with Crippen LogP contribution in [-0.4, -0.2) is 59.8 Å². The van der Waals surface area contributed by atoms with Crippen LogP contribution in [0.15, 0.2) is 53.0 Å². The number of para-hydroxylation sites is 2. The molecule has 0 radical (unpaired) electrons. The molecule has 4 rings (SSSR count). The molecular formula is C22H25BrN4O2. The summed E-state index contributed by atoms with van der Waals surface area (Å²) in [6.07, 6.45) is 0.695. The Morgan fingerprint density at radius 3 is 2.62 bits per heavy atom. The van der Waals surface area contributed by atoms with Gasteiger partial charge < -0.3 is 14.6 Å². The lowest BCUT2D eigenvalue weighted by Gasteiger charge is -2.27. The largest absolute Gasteiger partial charge is 0.379 e. The van der Waals surface area contributed by atoms with Gasteiger partial charge in [-0.15, -0.1) is 0 Å². The van der Waals surface area contributed by atoms with E-state index in [1.807, 2.05) is 42.5 Å². The molecule has 0 unspecified atom stereocenters. The number of ether oxygens (including phenoxy) is 1. The molecule has 0 atom stereocenters. The van der Waals surface area contributed by atoms with Crippen LogP contribution < -0.4 is 5.32 Å². The van der Waals surface area contributed by atoms with Crippen LogP contribution in [0.3, 0.4) is 0 Å². The zero-order chi connectivity index (χ0) is 20.1. The number of amides is 1. The maximum atomic E-state index is 12.4. The van der Waals surface area contributed by atoms with Gasteiger partial charge in [-0.2, -0.15) is 0 Å². The van der Waals surface area contributed by atoms with E-state index in [1.54, 1.807) is 0 Å². The number of hydrogen-bond acceptors (Lipinski definition) is 4. The van der Waals surface area contributed by atoms with E-state index in [9.17, 15) is 4.79 Å². The van der Waals surface area contributed by atoms with Gasteiger partial charge in [-0.1, -0.05) is 28.1 Å². The first-order chi connectivity index (χ1) is 14.2. The fraction of sp³-hybridized carbons (Fsp3) is 0.364. The standard InChI is InChI=1S/C22H25BrN4O2/c23-18-7-5-17(6-8-18)22(28)24-10-9-21-25-19-3-1-2-4-20(19)27(21)12-11-26-13-15-29-16-14-26/h1-8H,9-16H2,(H,24,28). The lowest BCUT2D eigenvalue weighted by Crippen LogP contribution is -2.38. The summed E-state index contributed by atoms with van der Waals surface area (Å²) in [5.74, 6) is 0.948. The highest BCUT2D eigenvalue weighted by atomic mass is 79.9. The van der Waals surface area contributed by atoms with Gasteiger partial charge in [0.1, 0.15) is 5.82 Å². The van der Waals surface area contributed by atoms with Gasteiger partial charge in [0.2, 0.25) is 0 Å². The van der Waals surface area contributed by atoms with Gasteiger partial charge in [-0.3, -0.25) is 9.69 Å². The van der Waals surface area contributed by atoms with Crippen LogP contribution in [0.2, 0.25) is 0 Å². The zero-order valence-electron chi connectivity index (χ0n) is 16.3. The van der Waals surface area contributed by atoms with Crippen LogP contribution >= 0.6 is 15.9 Å². The van der Waals surface area contributed by atoms with E-state index in [2.05, 4.69) is 36.8 Å². The van der Waals surface area contributed by atoms with Crippen LogP contribution in [-0.2, 0) is 17.7 Å². The highest BCUT2D eigenvalue weighted by Crippen LogP contribution is 2.17. The summed E-state index contributed by atoms with van der Waals surface area (Å²) in [5.41, 5.74) is 2.81. The van der Waals surface area contributed by atoms with Gasteiger partial charge in [0.15, 0.2) is 0 Å². The van der Waals surface area contributed by atoms with Gasteiger partial charge >= 0.3 is 0 Å². The second-order valence-electron chi connectivity index (χ2n) is 7.14. The number of fused-ring (bicyclic) bond motifs is 1. The summed E-state index contributed by atoms with van der Waals surface area (Å²) >= 11 is 3.39. The van der Waals surface area contributed by atoms with Crippen molar-refractivity contribution in [3.63, 3.8) is 0 Å². The number of rotatable bonds is 7. The predicted octanol–water partition coefficient (Wildman–Crippen LogP) is 3.10.